The number of nitrogens with two attached hydrogens (primary N) is 1. The van der Waals surface area contributed by atoms with Gasteiger partial charge in [-0.05, 0) is 32.3 Å². The highest BCUT2D eigenvalue weighted by atomic mass is 16.3. The quantitative estimate of drug-likeness (QED) is 0.869. The molecule has 1 aliphatic carbocycles. The second kappa shape index (κ2) is 5.34. The fourth-order valence-corrected chi connectivity index (χ4v) is 3.79. The van der Waals surface area contributed by atoms with Gasteiger partial charge in [0.25, 0.3) is 0 Å². The molecule has 1 aromatic rings. The topological polar surface area (TPSA) is 62.4 Å². The number of hydrogen-bond acceptors (Lipinski definition) is 4. The monoisotopic (exact) mass is 275 g/mol. The summed E-state index contributed by atoms with van der Waals surface area (Å²) in [6.07, 6.45) is 7.20. The van der Waals surface area contributed by atoms with E-state index < -0.39 is 5.60 Å². The summed E-state index contributed by atoms with van der Waals surface area (Å²) >= 11 is 0. The van der Waals surface area contributed by atoms with Gasteiger partial charge in [-0.2, -0.15) is 0 Å². The van der Waals surface area contributed by atoms with Gasteiger partial charge in [0.1, 0.15) is 5.82 Å². The molecule has 20 heavy (non-hydrogen) atoms. The fraction of sp³-hybridized carbons (Fsp3) is 0.688. The smallest absolute Gasteiger partial charge is 0.133 e. The molecule has 0 aromatic carbocycles. The second-order valence-corrected chi connectivity index (χ2v) is 6.45. The van der Waals surface area contributed by atoms with Gasteiger partial charge in [0.2, 0.25) is 0 Å². The van der Waals surface area contributed by atoms with Crippen molar-refractivity contribution in [1.29, 1.82) is 0 Å². The molecule has 0 amide bonds. The van der Waals surface area contributed by atoms with Crippen molar-refractivity contribution in [3.05, 3.63) is 23.9 Å². The Morgan fingerprint density at radius 2 is 2.30 bits per heavy atom. The van der Waals surface area contributed by atoms with Crippen LogP contribution in [0.1, 0.15) is 50.6 Å². The van der Waals surface area contributed by atoms with Crippen LogP contribution in [0.4, 0.5) is 5.82 Å². The van der Waals surface area contributed by atoms with Crippen molar-refractivity contribution < 1.29 is 5.11 Å². The summed E-state index contributed by atoms with van der Waals surface area (Å²) in [5.41, 5.74) is 6.74. The van der Waals surface area contributed by atoms with Gasteiger partial charge in [0.15, 0.2) is 0 Å². The molecule has 2 unspecified atom stereocenters. The molecule has 1 aliphatic heterocycles. The largest absolute Gasteiger partial charge is 0.389 e. The molecule has 1 saturated heterocycles. The highest BCUT2D eigenvalue weighted by Gasteiger charge is 2.43. The van der Waals surface area contributed by atoms with E-state index in [2.05, 4.69) is 16.0 Å². The third-order valence-corrected chi connectivity index (χ3v) is 5.03. The molecular formula is C16H25N3O. The van der Waals surface area contributed by atoms with Crippen LogP contribution in [0, 0.1) is 5.92 Å². The number of fused-ring (bicyclic) bond motifs is 1. The third kappa shape index (κ3) is 2.42. The number of pyridine rings is 1. The lowest BCUT2D eigenvalue weighted by Crippen LogP contribution is -2.53. The van der Waals surface area contributed by atoms with Crippen molar-refractivity contribution in [3.63, 3.8) is 0 Å². The molecule has 110 valence electrons. The molecular weight excluding hydrogens is 250 g/mol. The van der Waals surface area contributed by atoms with Crippen LogP contribution in [0.2, 0.25) is 0 Å². The highest BCUT2D eigenvalue weighted by molar-refractivity contribution is 5.49. The average Bonchev–Trinajstić information content (AvgIpc) is 2.46. The average molecular weight is 275 g/mol. The van der Waals surface area contributed by atoms with Crippen LogP contribution in [0.5, 0.6) is 0 Å². The Labute approximate surface area is 121 Å². The van der Waals surface area contributed by atoms with Crippen molar-refractivity contribution in [2.75, 3.05) is 18.0 Å². The molecule has 2 aliphatic rings. The molecule has 3 N–H and O–H groups in total. The molecule has 1 saturated carbocycles. The summed E-state index contributed by atoms with van der Waals surface area (Å²) in [5, 5.41) is 10.8. The van der Waals surface area contributed by atoms with E-state index in [1.54, 1.807) is 0 Å². The van der Waals surface area contributed by atoms with Crippen LogP contribution < -0.4 is 10.6 Å². The molecule has 2 heterocycles. The summed E-state index contributed by atoms with van der Waals surface area (Å²) in [5.74, 6) is 1.39. The maximum atomic E-state index is 10.8. The maximum absolute atomic E-state index is 10.8. The number of piperidine rings is 1. The Balaban J connectivity index is 1.83. The number of aromatic nitrogens is 1. The minimum Gasteiger partial charge on any atom is -0.389 e. The van der Waals surface area contributed by atoms with E-state index in [4.69, 9.17) is 5.73 Å². The van der Waals surface area contributed by atoms with E-state index in [1.165, 1.54) is 12.8 Å². The van der Waals surface area contributed by atoms with Gasteiger partial charge < -0.3 is 15.7 Å². The first-order valence-corrected chi connectivity index (χ1v) is 7.78. The van der Waals surface area contributed by atoms with E-state index in [0.717, 1.165) is 43.7 Å². The number of nitrogens with zero attached hydrogens (tertiary/aromatic N) is 2. The summed E-state index contributed by atoms with van der Waals surface area (Å²) in [4.78, 5) is 6.87. The summed E-state index contributed by atoms with van der Waals surface area (Å²) < 4.78 is 0. The molecule has 0 spiro atoms. The number of aliphatic hydroxyl groups is 1. The molecule has 0 radical (unpaired) electrons. The van der Waals surface area contributed by atoms with Crippen molar-refractivity contribution >= 4 is 5.82 Å². The van der Waals surface area contributed by atoms with Crippen LogP contribution >= 0.6 is 0 Å². The molecule has 2 fully saturated rings. The van der Waals surface area contributed by atoms with E-state index in [9.17, 15) is 5.11 Å². The Morgan fingerprint density at radius 1 is 1.45 bits per heavy atom. The Kier molecular flexibility index (Phi) is 3.69. The Bertz CT molecular complexity index is 477. The summed E-state index contributed by atoms with van der Waals surface area (Å²) in [6.45, 7) is 3.79. The highest BCUT2D eigenvalue weighted by Crippen LogP contribution is 2.41. The van der Waals surface area contributed by atoms with Crippen LogP contribution in [0.3, 0.4) is 0 Å². The predicted octanol–water partition coefficient (Wildman–Crippen LogP) is 2.23. The lowest BCUT2D eigenvalue weighted by atomic mass is 9.71. The Morgan fingerprint density at radius 3 is 3.10 bits per heavy atom. The van der Waals surface area contributed by atoms with Gasteiger partial charge in [-0.15, -0.1) is 0 Å². The van der Waals surface area contributed by atoms with Crippen LogP contribution in [-0.2, 0) is 0 Å². The van der Waals surface area contributed by atoms with Gasteiger partial charge in [-0.25, -0.2) is 4.98 Å². The van der Waals surface area contributed by atoms with Crippen LogP contribution in [0.25, 0.3) is 0 Å². The minimum atomic E-state index is -0.433. The zero-order valence-electron chi connectivity index (χ0n) is 12.3. The van der Waals surface area contributed by atoms with E-state index in [-0.39, 0.29) is 6.04 Å². The van der Waals surface area contributed by atoms with Crippen molar-refractivity contribution in [3.8, 4) is 0 Å². The minimum absolute atomic E-state index is 0.00846. The van der Waals surface area contributed by atoms with Gasteiger partial charge in [-0.3, -0.25) is 0 Å². The fourth-order valence-electron chi connectivity index (χ4n) is 3.79. The standard InChI is InChI=1S/C16H25N3O/c1-12(17)14-6-4-9-18-15(14)19-10-8-16(20)7-3-2-5-13(16)11-19/h4,6,9,12-13,20H,2-3,5,7-8,10-11,17H2,1H3/t12-,13?,16?/m1/s1. The van der Waals surface area contributed by atoms with Crippen molar-refractivity contribution in [2.24, 2.45) is 11.7 Å². The molecule has 4 heteroatoms. The third-order valence-electron chi connectivity index (χ3n) is 5.03. The maximum Gasteiger partial charge on any atom is 0.133 e. The summed E-state index contributed by atoms with van der Waals surface area (Å²) in [7, 11) is 0. The molecule has 4 nitrogen and oxygen atoms in total. The second-order valence-electron chi connectivity index (χ2n) is 6.45. The van der Waals surface area contributed by atoms with Crippen LogP contribution in [-0.4, -0.2) is 28.8 Å². The summed E-state index contributed by atoms with van der Waals surface area (Å²) in [6, 6.07) is 4.00. The van der Waals surface area contributed by atoms with E-state index >= 15 is 0 Å². The zero-order valence-corrected chi connectivity index (χ0v) is 12.3. The van der Waals surface area contributed by atoms with Gasteiger partial charge in [0, 0.05) is 36.8 Å². The SMILES string of the molecule is C[C@@H](N)c1cccnc1N1CCC2(O)CCCCC2C1. The number of anilines is 1. The van der Waals surface area contributed by atoms with Gasteiger partial charge >= 0.3 is 0 Å². The van der Waals surface area contributed by atoms with E-state index in [0.29, 0.717) is 5.92 Å². The molecule has 3 atom stereocenters. The first-order valence-electron chi connectivity index (χ1n) is 7.78. The van der Waals surface area contributed by atoms with Crippen molar-refractivity contribution in [1.82, 2.24) is 4.98 Å². The normalized spacial score (nSPS) is 31.8. The lowest BCUT2D eigenvalue weighted by molar-refractivity contribution is -0.0613. The number of rotatable bonds is 2. The van der Waals surface area contributed by atoms with Crippen LogP contribution in [0.15, 0.2) is 18.3 Å². The Hall–Kier alpha value is -1.13. The van der Waals surface area contributed by atoms with Crippen molar-refractivity contribution in [2.45, 2.75) is 50.7 Å². The zero-order chi connectivity index (χ0) is 14.2. The van der Waals surface area contributed by atoms with Gasteiger partial charge in [0.05, 0.1) is 5.60 Å². The molecule has 0 bridgehead atoms. The molecule has 1 aromatic heterocycles. The van der Waals surface area contributed by atoms with Gasteiger partial charge in [-0.1, -0.05) is 18.9 Å². The number of hydrogen-bond donors (Lipinski definition) is 2. The first-order chi connectivity index (χ1) is 9.60. The predicted molar refractivity (Wildman–Crippen MR) is 80.6 cm³/mol. The lowest BCUT2D eigenvalue weighted by Gasteiger charge is -2.48. The van der Waals surface area contributed by atoms with E-state index in [1.807, 2.05) is 19.2 Å². The first kappa shape index (κ1) is 13.8. The molecule has 3 rings (SSSR count).